The number of benzene rings is 1. The van der Waals surface area contributed by atoms with Gasteiger partial charge in [0.2, 0.25) is 0 Å². The summed E-state index contributed by atoms with van der Waals surface area (Å²) in [4.78, 5) is 24.1. The number of hydrogen-bond donors (Lipinski definition) is 2. The number of hydrogen-bond acceptors (Lipinski definition) is 2. The van der Waals surface area contributed by atoms with Gasteiger partial charge in [-0.1, -0.05) is 36.4 Å². The van der Waals surface area contributed by atoms with Gasteiger partial charge in [0, 0.05) is 26.1 Å². The molecule has 1 aliphatic heterocycles. The molecule has 0 bridgehead atoms. The molecule has 0 aliphatic carbocycles. The fourth-order valence-corrected chi connectivity index (χ4v) is 2.31. The Kier molecular flexibility index (Phi) is 5.37. The first-order valence-electron chi connectivity index (χ1n) is 7.16. The molecule has 0 unspecified atom stereocenters. The first-order valence-corrected chi connectivity index (χ1v) is 7.16. The van der Waals surface area contributed by atoms with Gasteiger partial charge in [-0.25, -0.2) is 4.79 Å². The summed E-state index contributed by atoms with van der Waals surface area (Å²) < 4.78 is 0. The van der Waals surface area contributed by atoms with Gasteiger partial charge in [-0.05, 0) is 24.0 Å². The molecule has 2 rings (SSSR count). The van der Waals surface area contributed by atoms with E-state index in [0.717, 1.165) is 6.42 Å². The minimum Gasteiger partial charge on any atom is -0.481 e. The van der Waals surface area contributed by atoms with Gasteiger partial charge in [0.25, 0.3) is 0 Å². The van der Waals surface area contributed by atoms with Crippen LogP contribution < -0.4 is 5.32 Å². The Labute approximate surface area is 124 Å². The van der Waals surface area contributed by atoms with E-state index in [4.69, 9.17) is 5.11 Å². The van der Waals surface area contributed by atoms with E-state index in [-0.39, 0.29) is 12.5 Å². The number of nitrogens with zero attached hydrogens (tertiary/aromatic N) is 1. The molecule has 5 heteroatoms. The Morgan fingerprint density at radius 1 is 1.24 bits per heavy atom. The second kappa shape index (κ2) is 7.47. The van der Waals surface area contributed by atoms with Crippen molar-refractivity contribution >= 4 is 17.6 Å². The zero-order valence-corrected chi connectivity index (χ0v) is 11.9. The highest BCUT2D eigenvalue weighted by molar-refractivity contribution is 5.76. The molecule has 0 aromatic heterocycles. The molecule has 21 heavy (non-hydrogen) atoms. The van der Waals surface area contributed by atoms with Crippen LogP contribution in [0.1, 0.15) is 24.8 Å². The highest BCUT2D eigenvalue weighted by Crippen LogP contribution is 2.21. The second-order valence-electron chi connectivity index (χ2n) is 5.02. The molecule has 112 valence electrons. The van der Waals surface area contributed by atoms with Crippen molar-refractivity contribution in [2.75, 3.05) is 19.6 Å². The Morgan fingerprint density at radius 2 is 2.00 bits per heavy atom. The summed E-state index contributed by atoms with van der Waals surface area (Å²) in [5.41, 5.74) is 2.48. The highest BCUT2D eigenvalue weighted by atomic mass is 16.4. The first kappa shape index (κ1) is 15.1. The summed E-state index contributed by atoms with van der Waals surface area (Å²) in [6, 6.07) is 10.0. The molecule has 1 aromatic carbocycles. The Morgan fingerprint density at radius 3 is 2.62 bits per heavy atom. The van der Waals surface area contributed by atoms with Crippen LogP contribution in [0.15, 0.2) is 36.4 Å². The number of nitrogens with one attached hydrogen (secondary N) is 1. The van der Waals surface area contributed by atoms with Crippen LogP contribution in [-0.2, 0) is 4.79 Å². The summed E-state index contributed by atoms with van der Waals surface area (Å²) in [5, 5.41) is 11.3. The maximum Gasteiger partial charge on any atom is 0.317 e. The van der Waals surface area contributed by atoms with Gasteiger partial charge >= 0.3 is 12.0 Å². The van der Waals surface area contributed by atoms with Gasteiger partial charge < -0.3 is 15.3 Å². The van der Waals surface area contributed by atoms with Crippen molar-refractivity contribution in [2.45, 2.75) is 19.3 Å². The van der Waals surface area contributed by atoms with Crippen molar-refractivity contribution in [3.8, 4) is 0 Å². The quantitative estimate of drug-likeness (QED) is 0.817. The lowest BCUT2D eigenvalue weighted by atomic mass is 10.00. The summed E-state index contributed by atoms with van der Waals surface area (Å²) in [5.74, 6) is -0.836. The van der Waals surface area contributed by atoms with Crippen LogP contribution in [0, 0.1) is 0 Å². The predicted octanol–water partition coefficient (Wildman–Crippen LogP) is 2.35. The van der Waals surface area contributed by atoms with Crippen molar-refractivity contribution in [3.63, 3.8) is 0 Å². The summed E-state index contributed by atoms with van der Waals surface area (Å²) >= 11 is 0. The number of rotatable bonds is 5. The molecule has 0 saturated heterocycles. The lowest BCUT2D eigenvalue weighted by Crippen LogP contribution is -2.42. The molecule has 1 heterocycles. The maximum atomic E-state index is 11.9. The average Bonchev–Trinajstić information content (AvgIpc) is 2.52. The van der Waals surface area contributed by atoms with E-state index in [0.29, 0.717) is 26.1 Å². The smallest absolute Gasteiger partial charge is 0.317 e. The van der Waals surface area contributed by atoms with Crippen molar-refractivity contribution in [3.05, 3.63) is 42.0 Å². The van der Waals surface area contributed by atoms with Crippen LogP contribution in [0.25, 0.3) is 5.57 Å². The van der Waals surface area contributed by atoms with Crippen LogP contribution in [-0.4, -0.2) is 41.6 Å². The van der Waals surface area contributed by atoms with Crippen LogP contribution in [0.5, 0.6) is 0 Å². The van der Waals surface area contributed by atoms with Gasteiger partial charge in [0.15, 0.2) is 0 Å². The van der Waals surface area contributed by atoms with Crippen molar-refractivity contribution in [2.24, 2.45) is 0 Å². The number of carbonyl (C=O) groups excluding carboxylic acids is 1. The zero-order valence-electron chi connectivity index (χ0n) is 11.9. The van der Waals surface area contributed by atoms with Crippen molar-refractivity contribution < 1.29 is 14.7 Å². The molecule has 0 radical (unpaired) electrons. The van der Waals surface area contributed by atoms with Crippen LogP contribution in [0.3, 0.4) is 0 Å². The van der Waals surface area contributed by atoms with Crippen LogP contribution in [0.4, 0.5) is 4.79 Å². The van der Waals surface area contributed by atoms with E-state index in [9.17, 15) is 9.59 Å². The van der Waals surface area contributed by atoms with Gasteiger partial charge in [0.1, 0.15) is 0 Å². The summed E-state index contributed by atoms with van der Waals surface area (Å²) in [6.45, 7) is 1.68. The van der Waals surface area contributed by atoms with Gasteiger partial charge in [-0.2, -0.15) is 0 Å². The predicted molar refractivity (Wildman–Crippen MR) is 80.9 cm³/mol. The Balaban J connectivity index is 1.79. The van der Waals surface area contributed by atoms with Crippen molar-refractivity contribution in [1.82, 2.24) is 10.2 Å². The van der Waals surface area contributed by atoms with Crippen molar-refractivity contribution in [1.29, 1.82) is 0 Å². The summed E-state index contributed by atoms with van der Waals surface area (Å²) in [6.07, 6.45) is 3.46. The third kappa shape index (κ3) is 4.63. The van der Waals surface area contributed by atoms with E-state index in [1.165, 1.54) is 11.1 Å². The fraction of sp³-hybridized carbons (Fsp3) is 0.375. The normalized spacial score (nSPS) is 14.5. The Bertz CT molecular complexity index is 526. The number of carbonyl (C=O) groups is 2. The zero-order chi connectivity index (χ0) is 15.1. The monoisotopic (exact) mass is 288 g/mol. The SMILES string of the molecule is O=C(O)CCCNC(=O)N1CC=C(c2ccccc2)CC1. The molecule has 2 N–H and O–H groups in total. The molecule has 0 fully saturated rings. The maximum absolute atomic E-state index is 11.9. The minimum atomic E-state index is -0.836. The minimum absolute atomic E-state index is 0.0817. The van der Waals surface area contributed by atoms with Crippen LogP contribution >= 0.6 is 0 Å². The van der Waals surface area contributed by atoms with Gasteiger partial charge in [-0.15, -0.1) is 0 Å². The standard InChI is InChI=1S/C16H20N2O3/c19-15(20)7-4-10-17-16(21)18-11-8-14(9-12-18)13-5-2-1-3-6-13/h1-3,5-6,8H,4,7,9-12H2,(H,17,21)(H,19,20). The number of urea groups is 1. The lowest BCUT2D eigenvalue weighted by Gasteiger charge is -2.26. The van der Waals surface area contributed by atoms with Gasteiger partial charge in [-0.3, -0.25) is 4.79 Å². The highest BCUT2D eigenvalue weighted by Gasteiger charge is 2.17. The average molecular weight is 288 g/mol. The molecule has 5 nitrogen and oxygen atoms in total. The Hall–Kier alpha value is -2.30. The summed E-state index contributed by atoms with van der Waals surface area (Å²) in [7, 11) is 0. The first-order chi connectivity index (χ1) is 10.2. The van der Waals surface area contributed by atoms with E-state index in [2.05, 4.69) is 23.5 Å². The molecular formula is C16H20N2O3. The molecule has 0 spiro atoms. The second-order valence-corrected chi connectivity index (χ2v) is 5.02. The number of carboxylic acid groups (broad SMARTS) is 1. The van der Waals surface area contributed by atoms with Crippen LogP contribution in [0.2, 0.25) is 0 Å². The molecule has 1 aromatic rings. The van der Waals surface area contributed by atoms with E-state index in [1.807, 2.05) is 18.2 Å². The molecular weight excluding hydrogens is 268 g/mol. The molecule has 2 amide bonds. The molecule has 0 saturated carbocycles. The third-order valence-electron chi connectivity index (χ3n) is 3.48. The number of carboxylic acids is 1. The fourth-order valence-electron chi connectivity index (χ4n) is 2.31. The number of amides is 2. The largest absolute Gasteiger partial charge is 0.481 e. The van der Waals surface area contributed by atoms with E-state index < -0.39 is 5.97 Å². The molecule has 1 aliphatic rings. The van der Waals surface area contributed by atoms with E-state index in [1.54, 1.807) is 4.90 Å². The van der Waals surface area contributed by atoms with E-state index >= 15 is 0 Å². The third-order valence-corrected chi connectivity index (χ3v) is 3.48. The lowest BCUT2D eigenvalue weighted by molar-refractivity contribution is -0.137. The number of aliphatic carboxylic acids is 1. The van der Waals surface area contributed by atoms with Gasteiger partial charge in [0.05, 0.1) is 0 Å². The topological polar surface area (TPSA) is 69.6 Å². The molecule has 0 atom stereocenters.